The number of hydrogen-bond donors (Lipinski definition) is 0. The van der Waals surface area contributed by atoms with Gasteiger partial charge in [0.05, 0.1) is 12.2 Å². The van der Waals surface area contributed by atoms with Gasteiger partial charge < -0.3 is 13.9 Å². The van der Waals surface area contributed by atoms with E-state index in [9.17, 15) is 14.7 Å². The Morgan fingerprint density at radius 3 is 2.61 bits per heavy atom. The number of Topliss-reactive ketones (excluding diaryl/α,β-unsaturated/α-hetero) is 1. The van der Waals surface area contributed by atoms with E-state index in [2.05, 4.69) is 0 Å². The number of ketones is 1. The molecule has 0 saturated heterocycles. The SMILES string of the molecule is CC(=O)CC(c1ccco1)c1c([O-])c2ccccc2oc1=O.[Na+]. The van der Waals surface area contributed by atoms with Crippen LogP contribution in [0.3, 0.4) is 0 Å². The Labute approximate surface area is 154 Å². The van der Waals surface area contributed by atoms with Crippen LogP contribution >= 0.6 is 0 Å². The van der Waals surface area contributed by atoms with E-state index in [4.69, 9.17) is 8.83 Å². The normalized spacial score (nSPS) is 11.9. The molecule has 0 N–H and O–H groups in total. The number of furan rings is 1. The van der Waals surface area contributed by atoms with Crippen LogP contribution in [0, 0.1) is 0 Å². The van der Waals surface area contributed by atoms with Crippen LogP contribution < -0.4 is 40.3 Å². The molecular formula is C17H13NaO5. The zero-order valence-electron chi connectivity index (χ0n) is 12.9. The first-order chi connectivity index (χ1) is 10.6. The van der Waals surface area contributed by atoms with E-state index >= 15 is 0 Å². The molecule has 23 heavy (non-hydrogen) atoms. The van der Waals surface area contributed by atoms with Crippen molar-refractivity contribution in [2.24, 2.45) is 0 Å². The topological polar surface area (TPSA) is 83.5 Å². The summed E-state index contributed by atoms with van der Waals surface area (Å²) >= 11 is 0. The Kier molecular flexibility index (Phi) is 5.46. The average Bonchev–Trinajstić information content (AvgIpc) is 3.00. The van der Waals surface area contributed by atoms with Crippen molar-refractivity contribution in [3.8, 4) is 5.75 Å². The fourth-order valence-electron chi connectivity index (χ4n) is 2.56. The first kappa shape index (κ1) is 17.5. The van der Waals surface area contributed by atoms with Gasteiger partial charge >= 0.3 is 35.2 Å². The van der Waals surface area contributed by atoms with E-state index in [-0.39, 0.29) is 52.9 Å². The molecular weight excluding hydrogens is 307 g/mol. The number of benzene rings is 1. The van der Waals surface area contributed by atoms with E-state index in [1.807, 2.05) is 0 Å². The van der Waals surface area contributed by atoms with Crippen LogP contribution in [0.4, 0.5) is 0 Å². The summed E-state index contributed by atoms with van der Waals surface area (Å²) in [5, 5.41) is 13.0. The fourth-order valence-corrected chi connectivity index (χ4v) is 2.56. The van der Waals surface area contributed by atoms with Gasteiger partial charge in [-0.25, -0.2) is 4.79 Å². The summed E-state index contributed by atoms with van der Waals surface area (Å²) < 4.78 is 10.5. The first-order valence-corrected chi connectivity index (χ1v) is 6.83. The van der Waals surface area contributed by atoms with Gasteiger partial charge in [-0.05, 0) is 25.1 Å². The maximum absolute atomic E-state index is 12.7. The molecule has 0 spiro atoms. The molecule has 2 aromatic heterocycles. The standard InChI is InChI=1S/C17H14O5.Na/c1-10(18)9-12(13-7-4-8-21-13)15-16(19)11-5-2-3-6-14(11)22-17(15)20;/h2-8,12,19H,9H2,1H3;/q;+1/p-1. The van der Waals surface area contributed by atoms with Gasteiger partial charge in [0, 0.05) is 17.4 Å². The zero-order valence-corrected chi connectivity index (χ0v) is 14.9. The molecule has 0 aliphatic heterocycles. The Morgan fingerprint density at radius 1 is 1.22 bits per heavy atom. The van der Waals surface area contributed by atoms with Gasteiger partial charge in [-0.3, -0.25) is 4.79 Å². The Balaban J connectivity index is 0.00000192. The first-order valence-electron chi connectivity index (χ1n) is 6.83. The molecule has 0 amide bonds. The maximum atomic E-state index is 12.7. The molecule has 1 atom stereocenters. The number of hydrogen-bond acceptors (Lipinski definition) is 5. The van der Waals surface area contributed by atoms with E-state index in [1.165, 1.54) is 13.2 Å². The van der Waals surface area contributed by atoms with Gasteiger partial charge in [0.25, 0.3) is 0 Å². The summed E-state index contributed by atoms with van der Waals surface area (Å²) in [6.07, 6.45) is 1.45. The van der Waals surface area contributed by atoms with Crippen LogP contribution in [0.25, 0.3) is 11.0 Å². The van der Waals surface area contributed by atoms with Crippen molar-refractivity contribution in [3.05, 3.63) is 64.4 Å². The smallest absolute Gasteiger partial charge is 0.872 e. The molecule has 0 fully saturated rings. The van der Waals surface area contributed by atoms with Crippen LogP contribution in [0.1, 0.15) is 30.6 Å². The molecule has 3 rings (SSSR count). The van der Waals surface area contributed by atoms with Crippen LogP contribution in [-0.4, -0.2) is 5.78 Å². The van der Waals surface area contributed by atoms with Gasteiger partial charge in [0.2, 0.25) is 0 Å². The number of carbonyl (C=O) groups excluding carboxylic acids is 1. The maximum Gasteiger partial charge on any atom is 1.00 e. The van der Waals surface area contributed by atoms with Gasteiger partial charge in [-0.1, -0.05) is 23.9 Å². The summed E-state index contributed by atoms with van der Waals surface area (Å²) in [4.78, 5) is 23.8. The van der Waals surface area contributed by atoms with E-state index < -0.39 is 17.3 Å². The molecule has 1 aromatic carbocycles. The number of rotatable bonds is 4. The van der Waals surface area contributed by atoms with Crippen LogP contribution in [0.5, 0.6) is 5.75 Å². The van der Waals surface area contributed by atoms with Crippen molar-refractivity contribution in [1.82, 2.24) is 0 Å². The minimum atomic E-state index is -0.735. The molecule has 3 aromatic rings. The molecule has 1 unspecified atom stereocenters. The monoisotopic (exact) mass is 320 g/mol. The fraction of sp³-hybridized carbons (Fsp3) is 0.176. The van der Waals surface area contributed by atoms with Crippen LogP contribution in [-0.2, 0) is 4.79 Å². The zero-order chi connectivity index (χ0) is 15.7. The van der Waals surface area contributed by atoms with Crippen LogP contribution in [0.2, 0.25) is 0 Å². The molecule has 5 nitrogen and oxygen atoms in total. The third kappa shape index (κ3) is 3.42. The average molecular weight is 320 g/mol. The summed E-state index contributed by atoms with van der Waals surface area (Å²) in [6.45, 7) is 1.41. The summed E-state index contributed by atoms with van der Waals surface area (Å²) in [5.41, 5.74) is -0.558. The second-order valence-electron chi connectivity index (χ2n) is 5.10. The van der Waals surface area contributed by atoms with E-state index in [0.29, 0.717) is 11.1 Å². The van der Waals surface area contributed by atoms with E-state index in [0.717, 1.165) is 0 Å². The molecule has 0 radical (unpaired) electrons. The summed E-state index contributed by atoms with van der Waals surface area (Å²) in [5.74, 6) is -0.904. The van der Waals surface area contributed by atoms with Crippen molar-refractivity contribution in [2.75, 3.05) is 0 Å². The number of carbonyl (C=O) groups is 1. The minimum Gasteiger partial charge on any atom is -0.872 e. The number of para-hydroxylation sites is 1. The van der Waals surface area contributed by atoms with Crippen LogP contribution in [0.15, 0.2) is 56.3 Å². The molecule has 6 heteroatoms. The van der Waals surface area contributed by atoms with Gasteiger partial charge in [0.15, 0.2) is 0 Å². The molecule has 0 bridgehead atoms. The molecule has 112 valence electrons. The van der Waals surface area contributed by atoms with Crippen molar-refractivity contribution in [3.63, 3.8) is 0 Å². The molecule has 0 aliphatic carbocycles. The molecule has 0 aliphatic rings. The largest absolute Gasteiger partial charge is 1.00 e. The molecule has 2 heterocycles. The third-order valence-corrected chi connectivity index (χ3v) is 3.53. The predicted molar refractivity (Wildman–Crippen MR) is 77.8 cm³/mol. The van der Waals surface area contributed by atoms with E-state index in [1.54, 1.807) is 36.4 Å². The van der Waals surface area contributed by atoms with Crippen molar-refractivity contribution in [2.45, 2.75) is 19.3 Å². The Hall–Kier alpha value is -1.82. The minimum absolute atomic E-state index is 0. The molecule has 0 saturated carbocycles. The Morgan fingerprint density at radius 2 is 1.96 bits per heavy atom. The van der Waals surface area contributed by atoms with Crippen molar-refractivity contribution >= 4 is 16.8 Å². The second-order valence-corrected chi connectivity index (χ2v) is 5.10. The second kappa shape index (κ2) is 7.17. The van der Waals surface area contributed by atoms with Gasteiger partial charge in [-0.15, -0.1) is 0 Å². The van der Waals surface area contributed by atoms with Crippen molar-refractivity contribution < 1.29 is 48.3 Å². The quantitative estimate of drug-likeness (QED) is 0.481. The summed E-state index contributed by atoms with van der Waals surface area (Å²) in [7, 11) is 0. The summed E-state index contributed by atoms with van der Waals surface area (Å²) in [6, 6.07) is 9.83. The Bertz CT molecular complexity index is 880. The third-order valence-electron chi connectivity index (χ3n) is 3.53. The van der Waals surface area contributed by atoms with Gasteiger partial charge in [-0.2, -0.15) is 0 Å². The predicted octanol–water partition coefficient (Wildman–Crippen LogP) is -0.425. The van der Waals surface area contributed by atoms with Gasteiger partial charge in [0.1, 0.15) is 17.1 Å². The van der Waals surface area contributed by atoms with Crippen molar-refractivity contribution in [1.29, 1.82) is 0 Å². The number of fused-ring (bicyclic) bond motifs is 1.